The molecule has 0 radical (unpaired) electrons. The Labute approximate surface area is 134 Å². The van der Waals surface area contributed by atoms with E-state index in [1.165, 1.54) is 4.90 Å². The largest absolute Gasteiger partial charge is 0.361 e. The quantitative estimate of drug-likeness (QED) is 0.884. The molecule has 23 heavy (non-hydrogen) atoms. The lowest BCUT2D eigenvalue weighted by Crippen LogP contribution is -2.40. The molecular formula is C17H19N3O3. The average Bonchev–Trinajstić information content (AvgIpc) is 2.93. The van der Waals surface area contributed by atoms with E-state index in [2.05, 4.69) is 10.5 Å². The molecule has 0 bridgehead atoms. The first-order valence-electron chi connectivity index (χ1n) is 7.46. The number of rotatable bonds is 3. The maximum absolute atomic E-state index is 12.9. The monoisotopic (exact) mass is 313 g/mol. The van der Waals surface area contributed by atoms with Crippen LogP contribution in [0.3, 0.4) is 0 Å². The van der Waals surface area contributed by atoms with E-state index in [9.17, 15) is 9.59 Å². The second-order valence-electron chi connectivity index (χ2n) is 6.12. The third-order valence-electron chi connectivity index (χ3n) is 4.40. The molecule has 1 saturated heterocycles. The molecule has 2 aromatic rings. The van der Waals surface area contributed by atoms with Crippen LogP contribution in [0, 0.1) is 20.8 Å². The maximum Gasteiger partial charge on any atom is 0.325 e. The summed E-state index contributed by atoms with van der Waals surface area (Å²) in [6, 6.07) is 7.19. The van der Waals surface area contributed by atoms with Crippen molar-refractivity contribution in [3.63, 3.8) is 0 Å². The zero-order valence-corrected chi connectivity index (χ0v) is 13.6. The number of nitrogens with zero attached hydrogens (tertiary/aromatic N) is 2. The Morgan fingerprint density at radius 2 is 1.83 bits per heavy atom. The van der Waals surface area contributed by atoms with Crippen LogP contribution in [-0.4, -0.2) is 22.0 Å². The number of imide groups is 1. The summed E-state index contributed by atoms with van der Waals surface area (Å²) in [7, 11) is 0. The fourth-order valence-corrected chi connectivity index (χ4v) is 2.81. The maximum atomic E-state index is 12.9. The number of urea groups is 1. The highest BCUT2D eigenvalue weighted by Crippen LogP contribution is 2.30. The van der Waals surface area contributed by atoms with E-state index < -0.39 is 11.6 Å². The van der Waals surface area contributed by atoms with Gasteiger partial charge < -0.3 is 9.84 Å². The molecule has 1 N–H and O–H groups in total. The number of benzene rings is 1. The summed E-state index contributed by atoms with van der Waals surface area (Å²) in [5, 5.41) is 6.67. The van der Waals surface area contributed by atoms with Gasteiger partial charge in [0.2, 0.25) is 0 Å². The van der Waals surface area contributed by atoms with Gasteiger partial charge in [-0.25, -0.2) is 4.79 Å². The van der Waals surface area contributed by atoms with Crippen molar-refractivity contribution in [1.29, 1.82) is 0 Å². The standard InChI is InChI=1S/C17H19N3O3/c1-10-5-7-13(8-6-10)17(4)15(21)20(16(22)18-17)9-14-11(2)19-23-12(14)3/h5-8H,9H2,1-4H3,(H,18,22)/t17-/m1/s1. The molecule has 2 heterocycles. The van der Waals surface area contributed by atoms with Crippen LogP contribution in [0.15, 0.2) is 28.8 Å². The number of nitrogens with one attached hydrogen (secondary N) is 1. The number of hydrogen-bond acceptors (Lipinski definition) is 4. The minimum absolute atomic E-state index is 0.160. The average molecular weight is 313 g/mol. The second-order valence-corrected chi connectivity index (χ2v) is 6.12. The van der Waals surface area contributed by atoms with Gasteiger partial charge in [-0.1, -0.05) is 35.0 Å². The SMILES string of the molecule is Cc1ccc([C@@]2(C)NC(=O)N(Cc3c(C)noc3C)C2=O)cc1. The molecule has 1 fully saturated rings. The zero-order valence-electron chi connectivity index (χ0n) is 13.6. The highest BCUT2D eigenvalue weighted by molar-refractivity contribution is 6.07. The van der Waals surface area contributed by atoms with E-state index >= 15 is 0 Å². The van der Waals surface area contributed by atoms with Gasteiger partial charge in [0.05, 0.1) is 12.2 Å². The molecule has 1 aliphatic rings. The van der Waals surface area contributed by atoms with Crippen molar-refractivity contribution in [3.05, 3.63) is 52.4 Å². The summed E-state index contributed by atoms with van der Waals surface area (Å²) in [5.74, 6) is 0.346. The number of amides is 3. The van der Waals surface area contributed by atoms with Crippen molar-refractivity contribution < 1.29 is 14.1 Å². The Hall–Kier alpha value is -2.63. The fourth-order valence-electron chi connectivity index (χ4n) is 2.81. The number of aromatic nitrogens is 1. The van der Waals surface area contributed by atoms with Crippen molar-refractivity contribution >= 4 is 11.9 Å². The number of carbonyl (C=O) groups excluding carboxylic acids is 2. The van der Waals surface area contributed by atoms with Gasteiger partial charge in [-0.05, 0) is 33.3 Å². The Morgan fingerprint density at radius 1 is 1.17 bits per heavy atom. The van der Waals surface area contributed by atoms with E-state index in [0.29, 0.717) is 11.5 Å². The van der Waals surface area contributed by atoms with Crippen molar-refractivity contribution in [3.8, 4) is 0 Å². The Bertz CT molecular complexity index is 759. The van der Waals surface area contributed by atoms with Crippen LogP contribution in [0.4, 0.5) is 4.79 Å². The first-order chi connectivity index (χ1) is 10.8. The van der Waals surface area contributed by atoms with Gasteiger partial charge in [0.25, 0.3) is 5.91 Å². The van der Waals surface area contributed by atoms with E-state index in [4.69, 9.17) is 4.52 Å². The van der Waals surface area contributed by atoms with Crippen molar-refractivity contribution in [2.45, 2.75) is 39.8 Å². The predicted molar refractivity (Wildman–Crippen MR) is 83.6 cm³/mol. The van der Waals surface area contributed by atoms with Crippen LogP contribution in [0.25, 0.3) is 0 Å². The fraction of sp³-hybridized carbons (Fsp3) is 0.353. The minimum atomic E-state index is -1.05. The number of aryl methyl sites for hydroxylation is 3. The minimum Gasteiger partial charge on any atom is -0.361 e. The topological polar surface area (TPSA) is 75.4 Å². The number of hydrogen-bond donors (Lipinski definition) is 1. The van der Waals surface area contributed by atoms with Crippen LogP contribution in [0.1, 0.15) is 35.1 Å². The van der Waals surface area contributed by atoms with E-state index in [-0.39, 0.29) is 12.5 Å². The summed E-state index contributed by atoms with van der Waals surface area (Å²) in [5.41, 5.74) is 2.27. The van der Waals surface area contributed by atoms with Crippen LogP contribution >= 0.6 is 0 Å². The molecule has 120 valence electrons. The molecule has 6 nitrogen and oxygen atoms in total. The van der Waals surface area contributed by atoms with Crippen LogP contribution in [-0.2, 0) is 16.9 Å². The van der Waals surface area contributed by atoms with Gasteiger partial charge in [0.1, 0.15) is 11.3 Å². The molecule has 0 aliphatic carbocycles. The summed E-state index contributed by atoms with van der Waals surface area (Å²) < 4.78 is 5.11. The molecular weight excluding hydrogens is 294 g/mol. The Kier molecular flexibility index (Phi) is 3.47. The lowest BCUT2D eigenvalue weighted by atomic mass is 9.91. The first-order valence-corrected chi connectivity index (χ1v) is 7.46. The van der Waals surface area contributed by atoms with Crippen LogP contribution < -0.4 is 5.32 Å². The van der Waals surface area contributed by atoms with Crippen LogP contribution in [0.2, 0.25) is 0 Å². The van der Waals surface area contributed by atoms with E-state index in [0.717, 1.165) is 16.7 Å². The molecule has 0 spiro atoms. The van der Waals surface area contributed by atoms with E-state index in [1.807, 2.05) is 31.2 Å². The van der Waals surface area contributed by atoms with Crippen molar-refractivity contribution in [2.75, 3.05) is 0 Å². The molecule has 3 amide bonds. The molecule has 6 heteroatoms. The molecule has 1 aromatic carbocycles. The molecule has 1 aromatic heterocycles. The lowest BCUT2D eigenvalue weighted by molar-refractivity contribution is -0.131. The van der Waals surface area contributed by atoms with E-state index in [1.54, 1.807) is 20.8 Å². The van der Waals surface area contributed by atoms with Gasteiger partial charge in [-0.3, -0.25) is 9.69 Å². The molecule has 0 unspecified atom stereocenters. The smallest absolute Gasteiger partial charge is 0.325 e. The molecule has 3 rings (SSSR count). The predicted octanol–water partition coefficient (Wildman–Crippen LogP) is 2.57. The third kappa shape index (κ3) is 2.40. The number of carbonyl (C=O) groups is 2. The van der Waals surface area contributed by atoms with Gasteiger partial charge in [-0.15, -0.1) is 0 Å². The van der Waals surface area contributed by atoms with Crippen LogP contribution in [0.5, 0.6) is 0 Å². The summed E-state index contributed by atoms with van der Waals surface area (Å²) >= 11 is 0. The normalized spacial score (nSPS) is 21.0. The summed E-state index contributed by atoms with van der Waals surface area (Å²) in [6.45, 7) is 7.43. The molecule has 1 aliphatic heterocycles. The van der Waals surface area contributed by atoms with Crippen molar-refractivity contribution in [1.82, 2.24) is 15.4 Å². The van der Waals surface area contributed by atoms with Gasteiger partial charge in [0.15, 0.2) is 0 Å². The van der Waals surface area contributed by atoms with Gasteiger partial charge in [-0.2, -0.15) is 0 Å². The highest BCUT2D eigenvalue weighted by atomic mass is 16.5. The third-order valence-corrected chi connectivity index (χ3v) is 4.40. The zero-order chi connectivity index (χ0) is 16.8. The summed E-state index contributed by atoms with van der Waals surface area (Å²) in [4.78, 5) is 26.4. The summed E-state index contributed by atoms with van der Waals surface area (Å²) in [6.07, 6.45) is 0. The first kappa shape index (κ1) is 15.3. The second kappa shape index (κ2) is 5.22. The van der Waals surface area contributed by atoms with Gasteiger partial charge >= 0.3 is 6.03 Å². The molecule has 1 atom stereocenters. The Morgan fingerprint density at radius 3 is 2.39 bits per heavy atom. The molecule has 0 saturated carbocycles. The highest BCUT2D eigenvalue weighted by Gasteiger charge is 2.49. The Balaban J connectivity index is 1.92. The van der Waals surface area contributed by atoms with Crippen molar-refractivity contribution in [2.24, 2.45) is 0 Å². The lowest BCUT2D eigenvalue weighted by Gasteiger charge is -2.22. The van der Waals surface area contributed by atoms with Gasteiger partial charge in [0, 0.05) is 5.56 Å².